The number of anilines is 2. The van der Waals surface area contributed by atoms with E-state index in [9.17, 15) is 4.79 Å². The molecule has 0 aliphatic rings. The van der Waals surface area contributed by atoms with Crippen LogP contribution in [0.5, 0.6) is 5.75 Å². The van der Waals surface area contributed by atoms with Gasteiger partial charge in [-0.15, -0.1) is 11.3 Å². The number of carbonyl (C=O) groups excluding carboxylic acids is 1. The summed E-state index contributed by atoms with van der Waals surface area (Å²) in [7, 11) is 3.20. The Morgan fingerprint density at radius 1 is 1.06 bits per heavy atom. The number of para-hydroxylation sites is 2. The van der Waals surface area contributed by atoms with Gasteiger partial charge in [0.25, 0.3) is 0 Å². The minimum absolute atomic E-state index is 0.136. The minimum Gasteiger partial charge on any atom is -0.495 e. The summed E-state index contributed by atoms with van der Waals surface area (Å²) in [5.74, 6) is 1.78. The van der Waals surface area contributed by atoms with Crippen molar-refractivity contribution < 1.29 is 14.3 Å². The first kappa shape index (κ1) is 22.7. The summed E-state index contributed by atoms with van der Waals surface area (Å²) in [4.78, 5) is 25.3. The topological polar surface area (TPSA) is 76.6 Å². The normalized spacial score (nSPS) is 10.9. The van der Waals surface area contributed by atoms with E-state index < -0.39 is 0 Å². The minimum atomic E-state index is -0.155. The maximum absolute atomic E-state index is 13.0. The summed E-state index contributed by atoms with van der Waals surface area (Å²) < 4.78 is 10.6. The fourth-order valence-corrected chi connectivity index (χ4v) is 4.63. The smallest absolute Gasteiger partial charge is 0.244 e. The van der Waals surface area contributed by atoms with E-state index in [1.807, 2.05) is 54.3 Å². The molecule has 1 amide bonds. The van der Waals surface area contributed by atoms with Crippen molar-refractivity contribution in [3.05, 3.63) is 65.8 Å². The van der Waals surface area contributed by atoms with Crippen LogP contribution in [-0.2, 0) is 16.1 Å². The molecule has 0 saturated heterocycles. The number of hydrogen-bond acceptors (Lipinski definition) is 7. The Labute approximate surface area is 197 Å². The number of methoxy groups -OCH3 is 2. The largest absolute Gasteiger partial charge is 0.495 e. The van der Waals surface area contributed by atoms with Crippen molar-refractivity contribution in [1.82, 2.24) is 9.97 Å². The Bertz CT molecular complexity index is 1240. The zero-order valence-corrected chi connectivity index (χ0v) is 19.7. The number of benzene rings is 2. The van der Waals surface area contributed by atoms with E-state index >= 15 is 0 Å². The van der Waals surface area contributed by atoms with E-state index in [1.165, 1.54) is 0 Å². The van der Waals surface area contributed by atoms with Gasteiger partial charge in [0.1, 0.15) is 23.0 Å². The zero-order chi connectivity index (χ0) is 23.2. The van der Waals surface area contributed by atoms with Gasteiger partial charge < -0.3 is 19.7 Å². The van der Waals surface area contributed by atoms with Gasteiger partial charge in [-0.05, 0) is 24.6 Å². The van der Waals surface area contributed by atoms with Crippen LogP contribution in [0, 0.1) is 0 Å². The molecule has 7 nitrogen and oxygen atoms in total. The quantitative estimate of drug-likeness (QED) is 0.378. The predicted molar refractivity (Wildman–Crippen MR) is 133 cm³/mol. The third-order valence-corrected chi connectivity index (χ3v) is 6.09. The highest BCUT2D eigenvalue weighted by Crippen LogP contribution is 2.38. The van der Waals surface area contributed by atoms with E-state index in [2.05, 4.69) is 22.8 Å². The number of aromatic nitrogens is 2. The lowest BCUT2D eigenvalue weighted by atomic mass is 10.1. The number of nitrogens with one attached hydrogen (secondary N) is 1. The summed E-state index contributed by atoms with van der Waals surface area (Å²) in [5.41, 5.74) is 2.77. The van der Waals surface area contributed by atoms with Crippen LogP contribution in [0.4, 0.5) is 11.5 Å². The molecule has 1 N–H and O–H groups in total. The maximum Gasteiger partial charge on any atom is 0.244 e. The van der Waals surface area contributed by atoms with Crippen molar-refractivity contribution in [3.63, 3.8) is 0 Å². The van der Waals surface area contributed by atoms with Crippen LogP contribution in [0.3, 0.4) is 0 Å². The van der Waals surface area contributed by atoms with E-state index in [0.717, 1.165) is 27.2 Å². The molecular formula is C25H26N4O3S. The number of rotatable bonds is 9. The highest BCUT2D eigenvalue weighted by molar-refractivity contribution is 7.17. The Morgan fingerprint density at radius 2 is 1.82 bits per heavy atom. The first-order chi connectivity index (χ1) is 16.1. The first-order valence-corrected chi connectivity index (χ1v) is 11.5. The summed E-state index contributed by atoms with van der Waals surface area (Å²) >= 11 is 1.57. The second kappa shape index (κ2) is 10.4. The number of carbonyl (C=O) groups is 1. The third-order valence-electron chi connectivity index (χ3n) is 5.22. The lowest BCUT2D eigenvalue weighted by molar-refractivity contribution is -0.115. The molecule has 0 aliphatic heterocycles. The molecule has 0 bridgehead atoms. The number of nitrogens with zero attached hydrogens (tertiary/aromatic N) is 3. The van der Waals surface area contributed by atoms with Crippen molar-refractivity contribution in [2.45, 2.75) is 13.5 Å². The maximum atomic E-state index is 13.0. The van der Waals surface area contributed by atoms with Gasteiger partial charge in [0.15, 0.2) is 5.82 Å². The van der Waals surface area contributed by atoms with Gasteiger partial charge in [-0.1, -0.05) is 42.5 Å². The molecule has 33 heavy (non-hydrogen) atoms. The van der Waals surface area contributed by atoms with E-state index in [0.29, 0.717) is 30.4 Å². The van der Waals surface area contributed by atoms with Crippen molar-refractivity contribution in [1.29, 1.82) is 0 Å². The van der Waals surface area contributed by atoms with Crippen LogP contribution < -0.4 is 15.0 Å². The number of amides is 1. The van der Waals surface area contributed by atoms with Crippen LogP contribution in [0.15, 0.2) is 60.0 Å². The van der Waals surface area contributed by atoms with Gasteiger partial charge in [0, 0.05) is 24.6 Å². The second-order valence-electron chi connectivity index (χ2n) is 7.35. The van der Waals surface area contributed by atoms with E-state index in [1.54, 1.807) is 25.6 Å². The number of hydrogen-bond donors (Lipinski definition) is 1. The summed E-state index contributed by atoms with van der Waals surface area (Å²) in [6.07, 6.45) is 0. The Morgan fingerprint density at radius 3 is 2.55 bits per heavy atom. The lowest BCUT2D eigenvalue weighted by Gasteiger charge is -2.23. The average molecular weight is 463 g/mol. The van der Waals surface area contributed by atoms with Crippen molar-refractivity contribution >= 4 is 39.0 Å². The van der Waals surface area contributed by atoms with Gasteiger partial charge in [0.05, 0.1) is 24.7 Å². The van der Waals surface area contributed by atoms with Crippen molar-refractivity contribution in [2.75, 3.05) is 37.5 Å². The highest BCUT2D eigenvalue weighted by Gasteiger charge is 2.21. The molecule has 0 aliphatic carbocycles. The standard InChI is InChI=1S/C25H26N4O3S/c1-4-29(14-22(30)26-19-12-8-9-13-20(19)32-3)24-23-18(17-10-6-5-7-11-17)16-33-25(23)28-21(27-24)15-31-2/h5-13,16H,4,14-15H2,1-3H3,(H,26,30). The molecule has 8 heteroatoms. The molecule has 0 fully saturated rings. The van der Waals surface area contributed by atoms with Gasteiger partial charge in [-0.25, -0.2) is 9.97 Å². The molecule has 2 heterocycles. The average Bonchev–Trinajstić information content (AvgIpc) is 3.27. The van der Waals surface area contributed by atoms with Crippen LogP contribution in [-0.4, -0.2) is 43.2 Å². The van der Waals surface area contributed by atoms with Gasteiger partial charge in [-0.2, -0.15) is 0 Å². The molecule has 170 valence electrons. The lowest BCUT2D eigenvalue weighted by Crippen LogP contribution is -2.34. The molecule has 0 saturated carbocycles. The molecule has 4 aromatic rings. The molecule has 0 atom stereocenters. The van der Waals surface area contributed by atoms with Gasteiger partial charge in [0.2, 0.25) is 5.91 Å². The number of ether oxygens (including phenoxy) is 2. The van der Waals surface area contributed by atoms with Crippen molar-refractivity contribution in [2.24, 2.45) is 0 Å². The second-order valence-corrected chi connectivity index (χ2v) is 8.21. The summed E-state index contributed by atoms with van der Waals surface area (Å²) in [5, 5.41) is 5.99. The molecule has 0 spiro atoms. The first-order valence-electron chi connectivity index (χ1n) is 10.6. The fraction of sp³-hybridized carbons (Fsp3) is 0.240. The molecule has 2 aromatic carbocycles. The summed E-state index contributed by atoms with van der Waals surface area (Å²) in [6, 6.07) is 17.5. The van der Waals surface area contributed by atoms with Crippen LogP contribution in [0.1, 0.15) is 12.7 Å². The number of thiophene rings is 1. The van der Waals surface area contributed by atoms with E-state index in [4.69, 9.17) is 19.4 Å². The predicted octanol–water partition coefficient (Wildman–Crippen LogP) is 4.98. The number of fused-ring (bicyclic) bond motifs is 1. The van der Waals surface area contributed by atoms with Gasteiger partial charge in [-0.3, -0.25) is 4.79 Å². The molecular weight excluding hydrogens is 436 g/mol. The van der Waals surface area contributed by atoms with E-state index in [-0.39, 0.29) is 12.5 Å². The molecule has 0 radical (unpaired) electrons. The Balaban J connectivity index is 1.72. The molecule has 0 unspecified atom stereocenters. The van der Waals surface area contributed by atoms with Crippen molar-refractivity contribution in [3.8, 4) is 16.9 Å². The molecule has 4 rings (SSSR count). The Kier molecular flexibility index (Phi) is 7.16. The fourth-order valence-electron chi connectivity index (χ4n) is 3.67. The monoisotopic (exact) mass is 462 g/mol. The summed E-state index contributed by atoms with van der Waals surface area (Å²) in [6.45, 7) is 3.04. The highest BCUT2D eigenvalue weighted by atomic mass is 32.1. The third kappa shape index (κ3) is 4.97. The van der Waals surface area contributed by atoms with Gasteiger partial charge >= 0.3 is 0 Å². The van der Waals surface area contributed by atoms with Crippen LogP contribution in [0.2, 0.25) is 0 Å². The van der Waals surface area contributed by atoms with Crippen LogP contribution in [0.25, 0.3) is 21.3 Å². The number of likely N-dealkylation sites (N-methyl/N-ethyl adjacent to an activating group) is 1. The van der Waals surface area contributed by atoms with Crippen LogP contribution >= 0.6 is 11.3 Å². The Hall–Kier alpha value is -3.49. The zero-order valence-electron chi connectivity index (χ0n) is 18.9. The molecule has 2 aromatic heterocycles. The SMILES string of the molecule is CCN(CC(=O)Nc1ccccc1OC)c1nc(COC)nc2scc(-c3ccccc3)c12.